The molecule has 1 aromatic rings. The Morgan fingerprint density at radius 1 is 1.53 bits per heavy atom. The normalized spacial score (nSPS) is 10.9. The van der Waals surface area contributed by atoms with Crippen LogP contribution in [0.15, 0.2) is 12.3 Å². The monoisotopic (exact) mass is 212 g/mol. The zero-order valence-corrected chi connectivity index (χ0v) is 9.27. The molecule has 0 unspecified atom stereocenters. The highest BCUT2D eigenvalue weighted by Gasteiger charge is 2.16. The molecule has 15 heavy (non-hydrogen) atoms. The molecule has 1 rings (SSSR count). The number of rotatable bonds is 6. The number of ketones is 1. The quantitative estimate of drug-likeness (QED) is 0.646. The summed E-state index contributed by atoms with van der Waals surface area (Å²) in [5.41, 5.74) is 1.02. The average Bonchev–Trinajstić information content (AvgIpc) is 2.63. The van der Waals surface area contributed by atoms with Crippen LogP contribution >= 0.6 is 0 Å². The van der Waals surface area contributed by atoms with Gasteiger partial charge in [-0.1, -0.05) is 0 Å². The van der Waals surface area contributed by atoms with Crippen molar-refractivity contribution in [2.75, 3.05) is 14.2 Å². The minimum absolute atomic E-state index is 0.0544. The summed E-state index contributed by atoms with van der Waals surface area (Å²) in [6.07, 6.45) is 2.01. The first-order chi connectivity index (χ1) is 7.19. The Morgan fingerprint density at radius 2 is 2.20 bits per heavy atom. The lowest BCUT2D eigenvalue weighted by molar-refractivity contribution is -0.156. The van der Waals surface area contributed by atoms with Crippen molar-refractivity contribution in [3.63, 3.8) is 0 Å². The summed E-state index contributed by atoms with van der Waals surface area (Å²) in [5, 5.41) is 4.02. The van der Waals surface area contributed by atoms with E-state index in [2.05, 4.69) is 5.10 Å². The van der Waals surface area contributed by atoms with Crippen molar-refractivity contribution in [2.24, 2.45) is 7.05 Å². The highest BCUT2D eigenvalue weighted by molar-refractivity contribution is 5.81. The van der Waals surface area contributed by atoms with Crippen LogP contribution in [-0.2, 0) is 27.7 Å². The lowest BCUT2D eigenvalue weighted by atomic mass is 10.1. The van der Waals surface area contributed by atoms with Gasteiger partial charge in [-0.25, -0.2) is 0 Å². The fourth-order valence-corrected chi connectivity index (χ4v) is 1.37. The lowest BCUT2D eigenvalue weighted by Crippen LogP contribution is -2.25. The molecule has 0 N–H and O–H groups in total. The Labute approximate surface area is 89.0 Å². The molecule has 0 fully saturated rings. The predicted molar refractivity (Wildman–Crippen MR) is 54.3 cm³/mol. The topological polar surface area (TPSA) is 53.4 Å². The van der Waals surface area contributed by atoms with Crippen molar-refractivity contribution in [1.82, 2.24) is 9.78 Å². The molecule has 5 nitrogen and oxygen atoms in total. The van der Waals surface area contributed by atoms with Gasteiger partial charge in [-0.2, -0.15) is 5.10 Å². The van der Waals surface area contributed by atoms with E-state index in [4.69, 9.17) is 9.47 Å². The molecule has 1 heterocycles. The second-order valence-corrected chi connectivity index (χ2v) is 3.22. The standard InChI is InChI=1S/C10H16N2O3/c1-12-8(6-7-11-12)4-5-9(13)10(14-2)15-3/h6-7,10H,4-5H2,1-3H3. The number of hydrogen-bond acceptors (Lipinski definition) is 4. The number of aromatic nitrogens is 2. The van der Waals surface area contributed by atoms with Gasteiger partial charge in [-0.3, -0.25) is 9.48 Å². The third-order valence-corrected chi connectivity index (χ3v) is 2.24. The zero-order chi connectivity index (χ0) is 11.3. The van der Waals surface area contributed by atoms with Crippen LogP contribution in [0.1, 0.15) is 12.1 Å². The van der Waals surface area contributed by atoms with E-state index in [0.29, 0.717) is 12.8 Å². The van der Waals surface area contributed by atoms with Crippen molar-refractivity contribution >= 4 is 5.78 Å². The molecule has 0 spiro atoms. The van der Waals surface area contributed by atoms with Crippen LogP contribution in [0.25, 0.3) is 0 Å². The van der Waals surface area contributed by atoms with Crippen molar-refractivity contribution < 1.29 is 14.3 Å². The molecule has 0 radical (unpaired) electrons. The van der Waals surface area contributed by atoms with Crippen LogP contribution in [0.3, 0.4) is 0 Å². The first-order valence-corrected chi connectivity index (χ1v) is 4.74. The number of hydrogen-bond donors (Lipinski definition) is 0. The lowest BCUT2D eigenvalue weighted by Gasteiger charge is -2.11. The summed E-state index contributed by atoms with van der Waals surface area (Å²) >= 11 is 0. The van der Waals surface area contributed by atoms with Gasteiger partial charge in [0.1, 0.15) is 0 Å². The van der Waals surface area contributed by atoms with Gasteiger partial charge < -0.3 is 9.47 Å². The number of methoxy groups -OCH3 is 2. The van der Waals surface area contributed by atoms with Crippen molar-refractivity contribution in [3.8, 4) is 0 Å². The molecule has 0 saturated heterocycles. The van der Waals surface area contributed by atoms with E-state index in [-0.39, 0.29) is 5.78 Å². The van der Waals surface area contributed by atoms with Gasteiger partial charge in [-0.15, -0.1) is 0 Å². The fourth-order valence-electron chi connectivity index (χ4n) is 1.37. The van der Waals surface area contributed by atoms with Crippen LogP contribution in [0.4, 0.5) is 0 Å². The Balaban J connectivity index is 2.43. The second-order valence-electron chi connectivity index (χ2n) is 3.22. The van der Waals surface area contributed by atoms with Gasteiger partial charge in [-0.05, 0) is 12.5 Å². The summed E-state index contributed by atoms with van der Waals surface area (Å²) in [4.78, 5) is 11.5. The molecule has 0 aliphatic rings. The molecule has 5 heteroatoms. The largest absolute Gasteiger partial charge is 0.349 e. The summed E-state index contributed by atoms with van der Waals surface area (Å²) < 4.78 is 11.5. The Hall–Kier alpha value is -1.20. The molecular weight excluding hydrogens is 196 g/mol. The molecule has 0 aliphatic heterocycles. The molecule has 0 aliphatic carbocycles. The fraction of sp³-hybridized carbons (Fsp3) is 0.600. The van der Waals surface area contributed by atoms with E-state index in [9.17, 15) is 4.79 Å². The maximum atomic E-state index is 11.5. The summed E-state index contributed by atoms with van der Waals surface area (Å²) in [5.74, 6) is -0.0544. The van der Waals surface area contributed by atoms with E-state index < -0.39 is 6.29 Å². The van der Waals surface area contributed by atoms with E-state index in [1.165, 1.54) is 14.2 Å². The van der Waals surface area contributed by atoms with E-state index in [1.807, 2.05) is 13.1 Å². The van der Waals surface area contributed by atoms with Crippen molar-refractivity contribution in [1.29, 1.82) is 0 Å². The number of Topliss-reactive ketones (excluding diaryl/α,β-unsaturated/α-hetero) is 1. The molecule has 1 aromatic heterocycles. The number of aryl methyl sites for hydroxylation is 2. The summed E-state index contributed by atoms with van der Waals surface area (Å²) in [7, 11) is 4.76. The molecule has 84 valence electrons. The van der Waals surface area contributed by atoms with Gasteiger partial charge in [0.2, 0.25) is 6.29 Å². The van der Waals surface area contributed by atoms with E-state index in [0.717, 1.165) is 5.69 Å². The number of nitrogens with zero attached hydrogens (tertiary/aromatic N) is 2. The molecular formula is C10H16N2O3. The van der Waals surface area contributed by atoms with Crippen LogP contribution < -0.4 is 0 Å². The Kier molecular flexibility index (Phi) is 4.45. The number of ether oxygens (including phenoxy) is 2. The highest BCUT2D eigenvalue weighted by Crippen LogP contribution is 2.04. The zero-order valence-electron chi connectivity index (χ0n) is 9.27. The van der Waals surface area contributed by atoms with Gasteiger partial charge >= 0.3 is 0 Å². The molecule has 0 amide bonds. The first-order valence-electron chi connectivity index (χ1n) is 4.74. The number of carbonyl (C=O) groups excluding carboxylic acids is 1. The van der Waals surface area contributed by atoms with Gasteiger partial charge in [0.15, 0.2) is 5.78 Å². The Morgan fingerprint density at radius 3 is 2.67 bits per heavy atom. The second kappa shape index (κ2) is 5.63. The van der Waals surface area contributed by atoms with Crippen LogP contribution in [0, 0.1) is 0 Å². The molecule has 0 aromatic carbocycles. The van der Waals surface area contributed by atoms with Crippen LogP contribution in [-0.4, -0.2) is 36.1 Å². The predicted octanol–water partition coefficient (Wildman–Crippen LogP) is 0.541. The van der Waals surface area contributed by atoms with Gasteiger partial charge in [0, 0.05) is 39.6 Å². The average molecular weight is 212 g/mol. The van der Waals surface area contributed by atoms with E-state index >= 15 is 0 Å². The summed E-state index contributed by atoms with van der Waals surface area (Å²) in [6.45, 7) is 0. The minimum Gasteiger partial charge on any atom is -0.349 e. The maximum Gasteiger partial charge on any atom is 0.217 e. The third kappa shape index (κ3) is 3.14. The van der Waals surface area contributed by atoms with Crippen LogP contribution in [0.2, 0.25) is 0 Å². The first kappa shape index (κ1) is 11.9. The van der Waals surface area contributed by atoms with Crippen LogP contribution in [0.5, 0.6) is 0 Å². The Bertz CT molecular complexity index is 318. The van der Waals surface area contributed by atoms with Crippen molar-refractivity contribution in [2.45, 2.75) is 19.1 Å². The van der Waals surface area contributed by atoms with E-state index in [1.54, 1.807) is 10.9 Å². The van der Waals surface area contributed by atoms with Crippen molar-refractivity contribution in [3.05, 3.63) is 18.0 Å². The van der Waals surface area contributed by atoms with Gasteiger partial charge in [0.25, 0.3) is 0 Å². The number of carbonyl (C=O) groups is 1. The molecule has 0 saturated carbocycles. The van der Waals surface area contributed by atoms with Gasteiger partial charge in [0.05, 0.1) is 0 Å². The smallest absolute Gasteiger partial charge is 0.217 e. The minimum atomic E-state index is -0.752. The third-order valence-electron chi connectivity index (χ3n) is 2.24. The molecule has 0 bridgehead atoms. The SMILES string of the molecule is COC(OC)C(=O)CCc1ccnn1C. The highest BCUT2D eigenvalue weighted by atomic mass is 16.7. The molecule has 0 atom stereocenters. The maximum absolute atomic E-state index is 11.5. The summed E-state index contributed by atoms with van der Waals surface area (Å²) in [6, 6.07) is 1.89.